The topological polar surface area (TPSA) is 32.3 Å². The van der Waals surface area contributed by atoms with Crippen LogP contribution in [0, 0.1) is 11.7 Å². The minimum absolute atomic E-state index is 0.355. The minimum Gasteiger partial charge on any atom is -0.391 e. The lowest BCUT2D eigenvalue weighted by Gasteiger charge is -2.14. The van der Waals surface area contributed by atoms with Crippen molar-refractivity contribution in [3.63, 3.8) is 0 Å². The predicted octanol–water partition coefficient (Wildman–Crippen LogP) is 2.63. The zero-order valence-electron chi connectivity index (χ0n) is 10.2. The van der Waals surface area contributed by atoms with E-state index in [4.69, 9.17) is 11.6 Å². The molecular weight excluding hydrogens is 241 g/mol. The zero-order chi connectivity index (χ0) is 12.8. The number of rotatable bonds is 6. The van der Waals surface area contributed by atoms with Crippen molar-refractivity contribution in [1.82, 2.24) is 5.32 Å². The number of benzene rings is 1. The van der Waals surface area contributed by atoms with Gasteiger partial charge in [0.15, 0.2) is 0 Å². The van der Waals surface area contributed by atoms with Crippen molar-refractivity contribution >= 4 is 11.6 Å². The lowest BCUT2D eigenvalue weighted by Crippen LogP contribution is -2.30. The molecule has 0 aliphatic rings. The number of hydrogen-bond donors (Lipinski definition) is 2. The van der Waals surface area contributed by atoms with Crippen LogP contribution in [0.3, 0.4) is 0 Å². The van der Waals surface area contributed by atoms with Gasteiger partial charge in [-0.25, -0.2) is 4.39 Å². The van der Waals surface area contributed by atoms with Crippen LogP contribution in [0.15, 0.2) is 18.2 Å². The molecule has 0 bridgehead atoms. The molecule has 0 saturated heterocycles. The van der Waals surface area contributed by atoms with Gasteiger partial charge >= 0.3 is 0 Å². The fraction of sp³-hybridized carbons (Fsp3) is 0.538. The molecule has 96 valence electrons. The Kier molecular flexibility index (Phi) is 5.89. The third-order valence-corrected chi connectivity index (χ3v) is 2.76. The zero-order valence-corrected chi connectivity index (χ0v) is 11.0. The molecule has 1 rings (SSSR count). The summed E-state index contributed by atoms with van der Waals surface area (Å²) in [4.78, 5) is 0. The van der Waals surface area contributed by atoms with Crippen molar-refractivity contribution in [2.45, 2.75) is 26.4 Å². The molecule has 0 amide bonds. The van der Waals surface area contributed by atoms with Crippen molar-refractivity contribution in [1.29, 1.82) is 0 Å². The number of aliphatic hydroxyl groups is 1. The summed E-state index contributed by atoms with van der Waals surface area (Å²) in [5.41, 5.74) is 0.770. The summed E-state index contributed by atoms with van der Waals surface area (Å²) in [5.74, 6) is 0.197. The standard InChI is InChI=1S/C13H19ClFNO/c1-9(2)7-16-8-12(17)5-10-3-4-11(15)6-13(10)14/h3-4,6,9,12,16-17H,5,7-8H2,1-2H3. The van der Waals surface area contributed by atoms with Crippen LogP contribution in [0.1, 0.15) is 19.4 Å². The summed E-state index contributed by atoms with van der Waals surface area (Å²) < 4.78 is 12.8. The molecule has 0 heterocycles. The normalized spacial score (nSPS) is 13.1. The van der Waals surface area contributed by atoms with Crippen LogP contribution in [-0.4, -0.2) is 24.3 Å². The molecule has 0 saturated carbocycles. The number of halogens is 2. The number of aliphatic hydroxyl groups excluding tert-OH is 1. The quantitative estimate of drug-likeness (QED) is 0.823. The van der Waals surface area contributed by atoms with Gasteiger partial charge in [0.05, 0.1) is 6.10 Å². The van der Waals surface area contributed by atoms with E-state index in [1.165, 1.54) is 12.1 Å². The Bertz CT molecular complexity index is 357. The smallest absolute Gasteiger partial charge is 0.124 e. The summed E-state index contributed by atoms with van der Waals surface area (Å²) in [6.45, 7) is 5.60. The first kappa shape index (κ1) is 14.4. The summed E-state index contributed by atoms with van der Waals surface area (Å²) in [7, 11) is 0. The highest BCUT2D eigenvalue weighted by molar-refractivity contribution is 6.31. The van der Waals surface area contributed by atoms with Crippen molar-refractivity contribution in [2.24, 2.45) is 5.92 Å². The van der Waals surface area contributed by atoms with Crippen LogP contribution < -0.4 is 5.32 Å². The van der Waals surface area contributed by atoms with E-state index < -0.39 is 6.10 Å². The molecule has 1 atom stereocenters. The Hall–Kier alpha value is -0.640. The predicted molar refractivity (Wildman–Crippen MR) is 68.8 cm³/mol. The Morgan fingerprint density at radius 1 is 1.35 bits per heavy atom. The Morgan fingerprint density at radius 2 is 2.06 bits per heavy atom. The fourth-order valence-electron chi connectivity index (χ4n) is 1.55. The summed E-state index contributed by atoms with van der Waals surface area (Å²) >= 11 is 5.89. The SMILES string of the molecule is CC(C)CNCC(O)Cc1ccc(F)cc1Cl. The molecule has 0 aromatic heterocycles. The van der Waals surface area contributed by atoms with Gasteiger partial charge in [-0.1, -0.05) is 31.5 Å². The van der Waals surface area contributed by atoms with Crippen molar-refractivity contribution < 1.29 is 9.50 Å². The van der Waals surface area contributed by atoms with E-state index in [1.807, 2.05) is 0 Å². The van der Waals surface area contributed by atoms with Gasteiger partial charge < -0.3 is 10.4 Å². The highest BCUT2D eigenvalue weighted by Gasteiger charge is 2.09. The maximum Gasteiger partial charge on any atom is 0.124 e. The lowest BCUT2D eigenvalue weighted by atomic mass is 10.1. The second kappa shape index (κ2) is 6.94. The first-order valence-corrected chi connectivity index (χ1v) is 6.19. The summed E-state index contributed by atoms with van der Waals surface area (Å²) in [6, 6.07) is 4.24. The van der Waals surface area contributed by atoms with Gasteiger partial charge in [0.1, 0.15) is 5.82 Å². The molecule has 1 aromatic carbocycles. The van der Waals surface area contributed by atoms with Crippen LogP contribution in [0.25, 0.3) is 0 Å². The van der Waals surface area contributed by atoms with Crippen LogP contribution in [0.4, 0.5) is 4.39 Å². The van der Waals surface area contributed by atoms with Gasteiger partial charge in [-0.05, 0) is 30.2 Å². The lowest BCUT2D eigenvalue weighted by molar-refractivity contribution is 0.170. The van der Waals surface area contributed by atoms with Gasteiger partial charge in [0.2, 0.25) is 0 Å². The molecule has 17 heavy (non-hydrogen) atoms. The van der Waals surface area contributed by atoms with E-state index in [-0.39, 0.29) is 5.82 Å². The minimum atomic E-state index is -0.503. The monoisotopic (exact) mass is 259 g/mol. The van der Waals surface area contributed by atoms with Crippen LogP contribution in [0.5, 0.6) is 0 Å². The highest BCUT2D eigenvalue weighted by Crippen LogP contribution is 2.18. The van der Waals surface area contributed by atoms with E-state index in [0.717, 1.165) is 12.1 Å². The molecule has 4 heteroatoms. The van der Waals surface area contributed by atoms with Gasteiger partial charge in [-0.15, -0.1) is 0 Å². The molecule has 0 fully saturated rings. The number of nitrogens with one attached hydrogen (secondary N) is 1. The molecule has 0 spiro atoms. The fourth-order valence-corrected chi connectivity index (χ4v) is 1.80. The second-order valence-corrected chi connectivity index (χ2v) is 5.05. The van der Waals surface area contributed by atoms with Gasteiger partial charge in [-0.2, -0.15) is 0 Å². The van der Waals surface area contributed by atoms with Crippen molar-refractivity contribution in [2.75, 3.05) is 13.1 Å². The van der Waals surface area contributed by atoms with Crippen LogP contribution in [0.2, 0.25) is 5.02 Å². The molecule has 0 radical (unpaired) electrons. The van der Waals surface area contributed by atoms with Crippen LogP contribution >= 0.6 is 11.6 Å². The van der Waals surface area contributed by atoms with E-state index >= 15 is 0 Å². The molecular formula is C13H19ClFNO. The Balaban J connectivity index is 2.42. The second-order valence-electron chi connectivity index (χ2n) is 4.65. The Morgan fingerprint density at radius 3 is 2.65 bits per heavy atom. The maximum absolute atomic E-state index is 12.8. The van der Waals surface area contributed by atoms with Crippen molar-refractivity contribution in [3.8, 4) is 0 Å². The van der Waals surface area contributed by atoms with E-state index in [0.29, 0.717) is 23.9 Å². The molecule has 1 aromatic rings. The highest BCUT2D eigenvalue weighted by atomic mass is 35.5. The van der Waals surface area contributed by atoms with Gasteiger partial charge in [-0.3, -0.25) is 0 Å². The molecule has 0 aliphatic heterocycles. The van der Waals surface area contributed by atoms with Gasteiger partial charge in [0, 0.05) is 18.0 Å². The molecule has 0 aliphatic carbocycles. The van der Waals surface area contributed by atoms with Crippen LogP contribution in [-0.2, 0) is 6.42 Å². The third-order valence-electron chi connectivity index (χ3n) is 2.40. The first-order valence-electron chi connectivity index (χ1n) is 5.81. The summed E-state index contributed by atoms with van der Waals surface area (Å²) in [6.07, 6.45) is -0.0683. The molecule has 1 unspecified atom stereocenters. The van der Waals surface area contributed by atoms with Gasteiger partial charge in [0.25, 0.3) is 0 Å². The van der Waals surface area contributed by atoms with E-state index in [1.54, 1.807) is 6.07 Å². The molecule has 2 nitrogen and oxygen atoms in total. The Labute approximate surface area is 107 Å². The van der Waals surface area contributed by atoms with E-state index in [9.17, 15) is 9.50 Å². The average Bonchev–Trinajstić information content (AvgIpc) is 2.21. The largest absolute Gasteiger partial charge is 0.391 e. The van der Waals surface area contributed by atoms with Crippen molar-refractivity contribution in [3.05, 3.63) is 34.6 Å². The third kappa shape index (κ3) is 5.48. The maximum atomic E-state index is 12.8. The molecule has 2 N–H and O–H groups in total. The average molecular weight is 260 g/mol. The summed E-state index contributed by atoms with van der Waals surface area (Å²) in [5, 5.41) is 13.3. The van der Waals surface area contributed by atoms with E-state index in [2.05, 4.69) is 19.2 Å². The number of hydrogen-bond acceptors (Lipinski definition) is 2. The first-order chi connectivity index (χ1) is 7.99.